The molecular weight excluding hydrogens is 895 g/mol. The van der Waals surface area contributed by atoms with Crippen LogP contribution in [0.5, 0.6) is 0 Å². The standard InChI is InChI=1S/C33H33.2C11H9.C5H5.CH2.2ClH.Zr/c1-32(2,3)30-20-26-24(18-28(30)22-13-9-7-10-14-22)17-25-19-29(23-15-11-8-12-16-23)31(21-27(25)26)33(4,5)6;2*1-9-5-4-7-10-6-2-3-8-11(9)10;1-2-4-5-3-1;;;;/h7-21H,1-6H3;2*2-8H,1H2;1-5H;1H2;2*1H;/q4*-1;;;;+2/p-2. The van der Waals surface area contributed by atoms with Crippen molar-refractivity contribution < 1.29 is 18.9 Å². The monoisotopic (exact) mass is 950 g/mol. The minimum Gasteiger partial charge on any atom is -0.214 e. The summed E-state index contributed by atoms with van der Waals surface area (Å²) in [4.78, 5) is 0. The van der Waals surface area contributed by atoms with E-state index in [9.17, 15) is 0 Å². The molecule has 324 valence electrons. The number of halogens is 2. The molecule has 0 aliphatic carbocycles. The molecule has 0 aliphatic heterocycles. The van der Waals surface area contributed by atoms with Crippen molar-refractivity contribution in [2.75, 3.05) is 0 Å². The average molecular weight is 953 g/mol. The van der Waals surface area contributed by atoms with Crippen LogP contribution in [0.4, 0.5) is 0 Å². The second kappa shape index (κ2) is 22.0. The summed E-state index contributed by atoms with van der Waals surface area (Å²) < 4.78 is 3.37. The average Bonchev–Trinajstić information content (AvgIpc) is 3.99. The molecule has 64 heavy (non-hydrogen) atoms. The van der Waals surface area contributed by atoms with Crippen LogP contribution in [0.3, 0.4) is 0 Å². The normalized spacial score (nSPS) is 11.0. The van der Waals surface area contributed by atoms with Crippen LogP contribution in [-0.2, 0) is 29.7 Å². The van der Waals surface area contributed by atoms with E-state index in [1.54, 1.807) is 0 Å². The summed E-state index contributed by atoms with van der Waals surface area (Å²) in [6, 6.07) is 72.6. The number of benzene rings is 8. The van der Waals surface area contributed by atoms with Crippen molar-refractivity contribution in [3.63, 3.8) is 0 Å². The molecule has 3 heteroatoms. The van der Waals surface area contributed by atoms with Gasteiger partial charge in [-0.05, 0) is 44.2 Å². The number of fused-ring (bicyclic) bond motifs is 5. The van der Waals surface area contributed by atoms with E-state index in [2.05, 4.69) is 187 Å². The minimum atomic E-state index is -1.85. The van der Waals surface area contributed by atoms with E-state index in [0.29, 0.717) is 0 Å². The van der Waals surface area contributed by atoms with Gasteiger partial charge in [-0.1, -0.05) is 174 Å². The van der Waals surface area contributed by atoms with Crippen LogP contribution >= 0.6 is 17.0 Å². The summed E-state index contributed by atoms with van der Waals surface area (Å²) in [5.74, 6) is 0. The molecule has 0 unspecified atom stereocenters. The molecule has 0 heterocycles. The Morgan fingerprint density at radius 2 is 0.781 bits per heavy atom. The molecule has 10 aromatic rings. The van der Waals surface area contributed by atoms with Crippen LogP contribution in [0.1, 0.15) is 63.8 Å². The number of hydrogen-bond acceptors (Lipinski definition) is 0. The van der Waals surface area contributed by atoms with Gasteiger partial charge in [0.25, 0.3) is 0 Å². The van der Waals surface area contributed by atoms with Crippen molar-refractivity contribution >= 4 is 64.3 Å². The Balaban J connectivity index is 0.000000176. The van der Waals surface area contributed by atoms with Gasteiger partial charge in [0.1, 0.15) is 0 Å². The van der Waals surface area contributed by atoms with Crippen molar-refractivity contribution in [2.24, 2.45) is 0 Å². The molecule has 0 aromatic heterocycles. The largest absolute Gasteiger partial charge is 0.214 e. The first-order valence-corrected chi connectivity index (χ1v) is 29.8. The zero-order chi connectivity index (χ0) is 45.9. The Hall–Kier alpha value is -5.43. The van der Waals surface area contributed by atoms with E-state index < -0.39 is 18.9 Å². The Labute approximate surface area is 397 Å². The van der Waals surface area contributed by atoms with Gasteiger partial charge in [-0.2, -0.15) is 55.3 Å². The Morgan fingerprint density at radius 1 is 0.438 bits per heavy atom. The van der Waals surface area contributed by atoms with Gasteiger partial charge in [-0.25, -0.2) is 12.1 Å². The zero-order valence-electron chi connectivity index (χ0n) is 38.0. The Kier molecular flexibility index (Phi) is 16.5. The van der Waals surface area contributed by atoms with Crippen LogP contribution < -0.4 is 0 Å². The Morgan fingerprint density at radius 3 is 1.11 bits per heavy atom. The smallest absolute Gasteiger partial charge is 0.172 e. The molecule has 0 radical (unpaired) electrons. The van der Waals surface area contributed by atoms with Gasteiger partial charge in [0.15, 0.2) is 0 Å². The summed E-state index contributed by atoms with van der Waals surface area (Å²) in [6.07, 6.45) is 0. The third-order valence-electron chi connectivity index (χ3n) is 11.1. The molecule has 0 spiro atoms. The van der Waals surface area contributed by atoms with Crippen LogP contribution in [0.15, 0.2) is 206 Å². The molecule has 0 fully saturated rings. The summed E-state index contributed by atoms with van der Waals surface area (Å²) >= 11 is -1.85. The van der Waals surface area contributed by atoms with Gasteiger partial charge in [0.2, 0.25) is 0 Å². The van der Waals surface area contributed by atoms with Gasteiger partial charge in [0.05, 0.1) is 0 Å². The molecule has 0 bridgehead atoms. The fraction of sp³-hybridized carbons (Fsp3) is 0.131. The molecule has 0 atom stereocenters. The van der Waals surface area contributed by atoms with Gasteiger partial charge < -0.3 is 0 Å². The second-order valence-corrected chi connectivity index (χ2v) is 26.1. The molecule has 10 aromatic carbocycles. The van der Waals surface area contributed by atoms with E-state index in [4.69, 9.17) is 17.0 Å². The van der Waals surface area contributed by atoms with Gasteiger partial charge in [-0.15, -0.1) is 74.8 Å². The first kappa shape index (κ1) is 48.0. The second-order valence-electron chi connectivity index (χ2n) is 17.9. The number of rotatable bonds is 2. The first-order chi connectivity index (χ1) is 30.6. The molecule has 0 saturated carbocycles. The van der Waals surface area contributed by atoms with E-state index in [0.717, 1.165) is 11.1 Å². The van der Waals surface area contributed by atoms with Gasteiger partial charge >= 0.3 is 40.1 Å². The third-order valence-corrected chi connectivity index (χ3v) is 11.1. The first-order valence-electron chi connectivity index (χ1n) is 21.7. The van der Waals surface area contributed by atoms with Crippen molar-refractivity contribution in [3.05, 3.63) is 242 Å². The van der Waals surface area contributed by atoms with E-state index in [1.807, 2.05) is 78.9 Å². The topological polar surface area (TPSA) is 0 Å². The van der Waals surface area contributed by atoms with Gasteiger partial charge in [0, 0.05) is 0 Å². The van der Waals surface area contributed by atoms with Crippen molar-refractivity contribution in [3.8, 4) is 22.3 Å². The van der Waals surface area contributed by atoms with Crippen LogP contribution in [0.25, 0.3) is 65.3 Å². The fourth-order valence-electron chi connectivity index (χ4n) is 7.97. The van der Waals surface area contributed by atoms with E-state index >= 15 is 0 Å². The minimum absolute atomic E-state index is 0.0554. The quantitative estimate of drug-likeness (QED) is 0.152. The van der Waals surface area contributed by atoms with Crippen LogP contribution in [0, 0.1) is 13.8 Å². The molecular formula is C61H58Cl2Zr-4. The predicted molar refractivity (Wildman–Crippen MR) is 283 cm³/mol. The van der Waals surface area contributed by atoms with Crippen molar-refractivity contribution in [2.45, 2.75) is 52.4 Å². The Bertz CT molecular complexity index is 2830. The SMILES string of the molecule is CC(C)(C)c1cc2c(cc1-c1ccccc1)[cH-]c1cc(-c3ccccc3)c(C(C)(C)C)cc12.[CH2-]c1cccc2ccccc12.[CH2-]c1cccc2ccccc12.[CH2]=[Zr]([Cl])[Cl].c1cc[cH-]c1. The molecule has 0 amide bonds. The zero-order valence-corrected chi connectivity index (χ0v) is 42.0. The molecule has 0 saturated heterocycles. The maximum absolute atomic E-state index is 5.13. The summed E-state index contributed by atoms with van der Waals surface area (Å²) in [6.45, 7) is 21.8. The molecule has 0 nitrogen and oxygen atoms in total. The third kappa shape index (κ3) is 12.6. The van der Waals surface area contributed by atoms with Gasteiger partial charge in [-0.3, -0.25) is 0 Å². The van der Waals surface area contributed by atoms with E-state index in [1.165, 1.54) is 76.5 Å². The summed E-state index contributed by atoms with van der Waals surface area (Å²) in [7, 11) is 10.3. The predicted octanol–water partition coefficient (Wildman–Crippen LogP) is 18.4. The maximum atomic E-state index is 5.13. The summed E-state index contributed by atoms with van der Waals surface area (Å²) in [5.41, 5.74) is 10.4. The van der Waals surface area contributed by atoms with Crippen molar-refractivity contribution in [1.29, 1.82) is 0 Å². The summed E-state index contributed by atoms with van der Waals surface area (Å²) in [5, 5.41) is 10.4. The van der Waals surface area contributed by atoms with Crippen LogP contribution in [-0.4, -0.2) is 4.21 Å². The van der Waals surface area contributed by atoms with Crippen LogP contribution in [0.2, 0.25) is 0 Å². The van der Waals surface area contributed by atoms with E-state index in [-0.39, 0.29) is 10.8 Å². The number of hydrogen-bond donors (Lipinski definition) is 0. The molecule has 0 N–H and O–H groups in total. The van der Waals surface area contributed by atoms with Crippen molar-refractivity contribution in [1.82, 2.24) is 0 Å². The fourth-order valence-corrected chi connectivity index (χ4v) is 7.97. The maximum Gasteiger partial charge on any atom is -0.172 e. The molecule has 0 aliphatic rings. The molecule has 10 rings (SSSR count).